The minimum absolute atomic E-state index is 0.368. The molecular weight excluding hydrogens is 294 g/mol. The SMILES string of the molecule is CSCCC(NC(N)=O)C(=O)N1CCCCC1(C)C(=O)O. The molecule has 3 amide bonds. The van der Waals surface area contributed by atoms with E-state index in [2.05, 4.69) is 5.32 Å². The zero-order valence-electron chi connectivity index (χ0n) is 12.4. The monoisotopic (exact) mass is 317 g/mol. The van der Waals surface area contributed by atoms with E-state index in [1.54, 1.807) is 18.7 Å². The lowest BCUT2D eigenvalue weighted by Crippen LogP contribution is -2.62. The molecule has 2 atom stereocenters. The van der Waals surface area contributed by atoms with Gasteiger partial charge < -0.3 is 21.1 Å². The average molecular weight is 317 g/mol. The van der Waals surface area contributed by atoms with E-state index < -0.39 is 23.6 Å². The van der Waals surface area contributed by atoms with E-state index in [-0.39, 0.29) is 5.91 Å². The highest BCUT2D eigenvalue weighted by Crippen LogP contribution is 2.29. The van der Waals surface area contributed by atoms with Gasteiger partial charge in [0.15, 0.2) is 0 Å². The van der Waals surface area contributed by atoms with Crippen LogP contribution in [0.4, 0.5) is 4.79 Å². The molecule has 1 heterocycles. The van der Waals surface area contributed by atoms with E-state index in [4.69, 9.17) is 5.73 Å². The van der Waals surface area contributed by atoms with Crippen LogP contribution in [-0.2, 0) is 9.59 Å². The first kappa shape index (κ1) is 17.6. The summed E-state index contributed by atoms with van der Waals surface area (Å²) in [4.78, 5) is 36.6. The highest BCUT2D eigenvalue weighted by Gasteiger charge is 2.45. The molecule has 2 unspecified atom stereocenters. The fraction of sp³-hybridized carbons (Fsp3) is 0.769. The lowest BCUT2D eigenvalue weighted by molar-refractivity contribution is -0.161. The number of nitrogens with two attached hydrogens (primary N) is 1. The van der Waals surface area contributed by atoms with Gasteiger partial charge in [-0.2, -0.15) is 11.8 Å². The summed E-state index contributed by atoms with van der Waals surface area (Å²) in [5, 5.41) is 11.9. The van der Waals surface area contributed by atoms with Crippen LogP contribution in [0.15, 0.2) is 0 Å². The Morgan fingerprint density at radius 1 is 1.43 bits per heavy atom. The van der Waals surface area contributed by atoms with Gasteiger partial charge >= 0.3 is 12.0 Å². The maximum Gasteiger partial charge on any atom is 0.329 e. The van der Waals surface area contributed by atoms with Crippen molar-refractivity contribution in [2.24, 2.45) is 5.73 Å². The van der Waals surface area contributed by atoms with Gasteiger partial charge in [0.2, 0.25) is 5.91 Å². The number of hydrogen-bond donors (Lipinski definition) is 3. The Morgan fingerprint density at radius 3 is 2.62 bits per heavy atom. The first-order valence-corrected chi connectivity index (χ1v) is 8.32. The predicted octanol–water partition coefficient (Wildman–Crippen LogP) is 0.632. The Balaban J connectivity index is 2.93. The molecule has 0 radical (unpaired) electrons. The third-order valence-corrected chi connectivity index (χ3v) is 4.49. The fourth-order valence-electron chi connectivity index (χ4n) is 2.55. The van der Waals surface area contributed by atoms with E-state index in [0.29, 0.717) is 25.1 Å². The van der Waals surface area contributed by atoms with Crippen molar-refractivity contribution in [3.63, 3.8) is 0 Å². The summed E-state index contributed by atoms with van der Waals surface area (Å²) in [5.41, 5.74) is 3.90. The van der Waals surface area contributed by atoms with Crippen molar-refractivity contribution >= 4 is 29.7 Å². The van der Waals surface area contributed by atoms with Crippen LogP contribution in [0, 0.1) is 0 Å². The van der Waals surface area contributed by atoms with Gasteiger partial charge in [0.05, 0.1) is 0 Å². The van der Waals surface area contributed by atoms with Gasteiger partial charge in [-0.25, -0.2) is 9.59 Å². The Labute approximate surface area is 128 Å². The second kappa shape index (κ2) is 7.53. The number of carboxylic acid groups (broad SMARTS) is 1. The topological polar surface area (TPSA) is 113 Å². The molecule has 21 heavy (non-hydrogen) atoms. The third-order valence-electron chi connectivity index (χ3n) is 3.84. The molecule has 0 saturated carbocycles. The number of nitrogens with zero attached hydrogens (tertiary/aromatic N) is 1. The highest BCUT2D eigenvalue weighted by atomic mass is 32.2. The molecule has 0 spiro atoms. The predicted molar refractivity (Wildman–Crippen MR) is 81.1 cm³/mol. The smallest absolute Gasteiger partial charge is 0.329 e. The van der Waals surface area contributed by atoms with Gasteiger partial charge in [-0.3, -0.25) is 4.79 Å². The Kier molecular flexibility index (Phi) is 6.32. The quantitative estimate of drug-likeness (QED) is 0.665. The molecule has 8 heteroatoms. The number of carbonyl (C=O) groups excluding carboxylic acids is 2. The van der Waals surface area contributed by atoms with Crippen LogP contribution in [0.5, 0.6) is 0 Å². The fourth-order valence-corrected chi connectivity index (χ4v) is 3.02. The van der Waals surface area contributed by atoms with E-state index in [1.807, 2.05) is 6.26 Å². The van der Waals surface area contributed by atoms with E-state index in [9.17, 15) is 19.5 Å². The number of amides is 3. The minimum Gasteiger partial charge on any atom is -0.480 e. The number of aliphatic carboxylic acids is 1. The van der Waals surface area contributed by atoms with Crippen LogP contribution in [-0.4, -0.2) is 58.0 Å². The molecule has 1 saturated heterocycles. The standard InChI is InChI=1S/C13H23N3O4S/c1-13(11(18)19)6-3-4-7-16(13)10(17)9(5-8-21-2)15-12(14)20/h9H,3-8H2,1-2H3,(H,18,19)(H3,14,15,20). The normalized spacial score (nSPS) is 23.4. The number of hydrogen-bond acceptors (Lipinski definition) is 4. The number of likely N-dealkylation sites (tertiary alicyclic amines) is 1. The number of carboxylic acids is 1. The Hall–Kier alpha value is -1.44. The minimum atomic E-state index is -1.22. The van der Waals surface area contributed by atoms with Gasteiger partial charge in [0.25, 0.3) is 0 Å². The van der Waals surface area contributed by atoms with Crippen molar-refractivity contribution in [1.29, 1.82) is 0 Å². The lowest BCUT2D eigenvalue weighted by Gasteiger charge is -2.43. The molecule has 7 nitrogen and oxygen atoms in total. The first-order valence-electron chi connectivity index (χ1n) is 6.92. The Morgan fingerprint density at radius 2 is 2.10 bits per heavy atom. The molecule has 1 aliphatic rings. The van der Waals surface area contributed by atoms with Crippen molar-refractivity contribution < 1.29 is 19.5 Å². The molecule has 0 aromatic heterocycles. The number of rotatable bonds is 6. The van der Waals surface area contributed by atoms with Gasteiger partial charge in [0.1, 0.15) is 11.6 Å². The van der Waals surface area contributed by atoms with Crippen molar-refractivity contribution in [2.45, 2.75) is 44.2 Å². The number of carbonyl (C=O) groups is 3. The molecule has 1 aliphatic heterocycles. The van der Waals surface area contributed by atoms with Crippen LogP contribution < -0.4 is 11.1 Å². The second-order valence-electron chi connectivity index (χ2n) is 5.37. The number of thioether (sulfide) groups is 1. The second-order valence-corrected chi connectivity index (χ2v) is 6.35. The van der Waals surface area contributed by atoms with Crippen molar-refractivity contribution in [3.8, 4) is 0 Å². The largest absolute Gasteiger partial charge is 0.480 e. The summed E-state index contributed by atoms with van der Waals surface area (Å²) in [5.74, 6) is -0.709. The van der Waals surface area contributed by atoms with Gasteiger partial charge in [0, 0.05) is 6.54 Å². The summed E-state index contributed by atoms with van der Waals surface area (Å²) in [6.45, 7) is 1.94. The highest BCUT2D eigenvalue weighted by molar-refractivity contribution is 7.98. The van der Waals surface area contributed by atoms with E-state index in [1.165, 1.54) is 4.90 Å². The van der Waals surface area contributed by atoms with E-state index >= 15 is 0 Å². The number of urea groups is 1. The van der Waals surface area contributed by atoms with Crippen LogP contribution in [0.3, 0.4) is 0 Å². The molecule has 120 valence electrons. The van der Waals surface area contributed by atoms with Gasteiger partial charge in [-0.05, 0) is 44.6 Å². The van der Waals surface area contributed by atoms with Crippen LogP contribution in [0.1, 0.15) is 32.6 Å². The van der Waals surface area contributed by atoms with Gasteiger partial charge in [-0.1, -0.05) is 0 Å². The summed E-state index contributed by atoms with van der Waals surface area (Å²) in [6, 6.07) is -1.55. The third kappa shape index (κ3) is 4.26. The zero-order valence-corrected chi connectivity index (χ0v) is 13.2. The van der Waals surface area contributed by atoms with Gasteiger partial charge in [-0.15, -0.1) is 0 Å². The molecule has 0 aromatic rings. The molecule has 0 aromatic carbocycles. The maximum atomic E-state index is 12.6. The van der Waals surface area contributed by atoms with Crippen LogP contribution in [0.2, 0.25) is 0 Å². The number of nitrogens with one attached hydrogen (secondary N) is 1. The Bertz CT molecular complexity index is 418. The average Bonchev–Trinajstić information content (AvgIpc) is 2.42. The lowest BCUT2D eigenvalue weighted by atomic mass is 9.87. The molecule has 1 rings (SSSR count). The zero-order chi connectivity index (χ0) is 16.0. The molecule has 0 bridgehead atoms. The molecular formula is C13H23N3O4S. The van der Waals surface area contributed by atoms with Crippen LogP contribution >= 0.6 is 11.8 Å². The summed E-state index contributed by atoms with van der Waals surface area (Å²) in [6.07, 6.45) is 4.27. The van der Waals surface area contributed by atoms with Crippen molar-refractivity contribution in [3.05, 3.63) is 0 Å². The maximum absolute atomic E-state index is 12.6. The molecule has 4 N–H and O–H groups in total. The first-order chi connectivity index (χ1) is 9.82. The molecule has 0 aliphatic carbocycles. The summed E-state index contributed by atoms with van der Waals surface area (Å²) < 4.78 is 0. The van der Waals surface area contributed by atoms with Crippen molar-refractivity contribution in [1.82, 2.24) is 10.2 Å². The summed E-state index contributed by atoms with van der Waals surface area (Å²) in [7, 11) is 0. The summed E-state index contributed by atoms with van der Waals surface area (Å²) >= 11 is 1.55. The number of piperidine rings is 1. The van der Waals surface area contributed by atoms with E-state index in [0.717, 1.165) is 12.8 Å². The molecule has 1 fully saturated rings. The number of primary amides is 1. The van der Waals surface area contributed by atoms with Crippen LogP contribution in [0.25, 0.3) is 0 Å². The van der Waals surface area contributed by atoms with Crippen molar-refractivity contribution in [2.75, 3.05) is 18.6 Å².